The standard InChI is InChI=1S/C56H75BrF3N7O8/c1-36(2)55(19-16-41(33-55)64-48-15-8-37-30-40(57)9-14-44(37)48)54(71)67-23-17-47-39(35-67)31-46(56(58,59)60)49(65-47)7-5-21-62-50(68)18-24-72-26-27-73-28-29-75-43-12-10-42(11-13-43)74-25-22-63-53(70)45-32-51(69)66(3)52(45)38-6-4-20-61-34-38/h4,6,9,14,20,30-31,34,36,41-43,45,48,52,64H,5,7-8,10-13,15-19,21-29,32-33,35H2,1-3H3,(H,62,68)(H,63,70)/t41-,42?,43?,45+,48-,52-,55+/m1/s1. The summed E-state index contributed by atoms with van der Waals surface area (Å²) >= 11 is 3.58. The molecular formula is C56H75BrF3N7O8. The van der Waals surface area contributed by atoms with Gasteiger partial charge in [0.05, 0.1) is 80.5 Å². The number of alkyl halides is 3. The second-order valence-electron chi connectivity index (χ2n) is 21.3. The van der Waals surface area contributed by atoms with Gasteiger partial charge in [-0.25, -0.2) is 0 Å². The van der Waals surface area contributed by atoms with Crippen molar-refractivity contribution in [1.82, 2.24) is 35.7 Å². The number of rotatable bonds is 24. The lowest BCUT2D eigenvalue weighted by molar-refractivity contribution is -0.146. The van der Waals surface area contributed by atoms with Gasteiger partial charge in [0.2, 0.25) is 23.6 Å². The Morgan fingerprint density at radius 1 is 0.893 bits per heavy atom. The second-order valence-corrected chi connectivity index (χ2v) is 22.2. The van der Waals surface area contributed by atoms with E-state index in [9.17, 15) is 32.3 Å². The van der Waals surface area contributed by atoms with Crippen LogP contribution in [0, 0.1) is 17.3 Å². The minimum absolute atomic E-state index is 0.0270. The van der Waals surface area contributed by atoms with Crippen LogP contribution >= 0.6 is 15.9 Å². The van der Waals surface area contributed by atoms with Crippen molar-refractivity contribution in [2.75, 3.05) is 66.3 Å². The van der Waals surface area contributed by atoms with Crippen molar-refractivity contribution in [1.29, 1.82) is 0 Å². The first-order chi connectivity index (χ1) is 36.1. The van der Waals surface area contributed by atoms with Crippen LogP contribution in [-0.2, 0) is 70.1 Å². The maximum absolute atomic E-state index is 14.5. The number of amides is 4. The maximum Gasteiger partial charge on any atom is 0.418 e. The lowest BCUT2D eigenvalue weighted by atomic mass is 9.74. The van der Waals surface area contributed by atoms with Gasteiger partial charge in [0.15, 0.2) is 0 Å². The maximum atomic E-state index is 14.5. The van der Waals surface area contributed by atoms with E-state index in [0.29, 0.717) is 70.2 Å². The van der Waals surface area contributed by atoms with Gasteiger partial charge in [-0.3, -0.25) is 29.1 Å². The predicted molar refractivity (Wildman–Crippen MR) is 278 cm³/mol. The molecule has 2 aliphatic heterocycles. The molecule has 0 radical (unpaired) electrons. The molecule has 75 heavy (non-hydrogen) atoms. The van der Waals surface area contributed by atoms with Crippen LogP contribution in [0.1, 0.15) is 136 Å². The van der Waals surface area contributed by atoms with E-state index >= 15 is 0 Å². The van der Waals surface area contributed by atoms with Crippen LogP contribution in [0.4, 0.5) is 13.2 Å². The molecule has 5 atom stereocenters. The smallest absolute Gasteiger partial charge is 0.379 e. The third-order valence-corrected chi connectivity index (χ3v) is 16.7. The minimum atomic E-state index is -4.62. The summed E-state index contributed by atoms with van der Waals surface area (Å²) in [6.45, 7) is 7.34. The van der Waals surface area contributed by atoms with Gasteiger partial charge in [-0.05, 0) is 123 Å². The summed E-state index contributed by atoms with van der Waals surface area (Å²) in [6, 6.07) is 11.4. The number of fused-ring (bicyclic) bond motifs is 2. The van der Waals surface area contributed by atoms with Crippen LogP contribution in [0.15, 0.2) is 53.3 Å². The molecule has 15 nitrogen and oxygen atoms in total. The predicted octanol–water partition coefficient (Wildman–Crippen LogP) is 7.77. The van der Waals surface area contributed by atoms with E-state index in [0.717, 1.165) is 61.4 Å². The number of carbonyl (C=O) groups excluding carboxylic acids is 4. The Morgan fingerprint density at radius 2 is 1.64 bits per heavy atom. The van der Waals surface area contributed by atoms with Gasteiger partial charge in [-0.2, -0.15) is 13.2 Å². The molecule has 8 rings (SSSR count). The number of pyridine rings is 2. The average Bonchev–Trinajstić information content (AvgIpc) is 4.10. The molecule has 1 saturated heterocycles. The number of likely N-dealkylation sites (tertiary alicyclic amines) is 1. The Bertz CT molecular complexity index is 2430. The van der Waals surface area contributed by atoms with Crippen molar-refractivity contribution < 1.29 is 51.3 Å². The van der Waals surface area contributed by atoms with Gasteiger partial charge in [-0.1, -0.05) is 41.9 Å². The number of aryl methyl sites for hydroxylation is 2. The number of nitrogens with one attached hydrogen (secondary N) is 3. The second kappa shape index (κ2) is 26.2. The van der Waals surface area contributed by atoms with Crippen molar-refractivity contribution in [3.63, 3.8) is 0 Å². The van der Waals surface area contributed by atoms with Crippen LogP contribution in [0.2, 0.25) is 0 Å². The number of aromatic nitrogens is 2. The molecule has 0 spiro atoms. The molecule has 0 unspecified atom stereocenters. The highest BCUT2D eigenvalue weighted by atomic mass is 79.9. The van der Waals surface area contributed by atoms with Crippen molar-refractivity contribution >= 4 is 39.6 Å². The molecule has 3 aromatic rings. The van der Waals surface area contributed by atoms with Gasteiger partial charge >= 0.3 is 6.18 Å². The number of benzene rings is 1. The topological polar surface area (TPSA) is 174 Å². The third-order valence-electron chi connectivity index (χ3n) is 16.2. The highest BCUT2D eigenvalue weighted by molar-refractivity contribution is 9.10. The van der Waals surface area contributed by atoms with Gasteiger partial charge in [0.25, 0.3) is 0 Å². The molecular weight excluding hydrogens is 1040 g/mol. The van der Waals surface area contributed by atoms with E-state index in [4.69, 9.17) is 18.9 Å². The average molecular weight is 1110 g/mol. The monoisotopic (exact) mass is 1110 g/mol. The number of hydrogen-bond donors (Lipinski definition) is 3. The van der Waals surface area contributed by atoms with Gasteiger partial charge in [0.1, 0.15) is 0 Å². The fraction of sp³-hybridized carbons (Fsp3) is 0.643. The summed E-state index contributed by atoms with van der Waals surface area (Å²) in [5.41, 5.74) is 3.15. The first kappa shape index (κ1) is 56.7. The highest BCUT2D eigenvalue weighted by Crippen LogP contribution is 2.48. The Morgan fingerprint density at radius 3 is 2.37 bits per heavy atom. The number of ether oxygens (including phenoxy) is 4. The quantitative estimate of drug-likeness (QED) is 0.0749. The van der Waals surface area contributed by atoms with Crippen LogP contribution in [0.5, 0.6) is 0 Å². The molecule has 3 aliphatic carbocycles. The third kappa shape index (κ3) is 14.5. The van der Waals surface area contributed by atoms with Gasteiger partial charge in [0, 0.05) is 87.1 Å². The lowest BCUT2D eigenvalue weighted by Gasteiger charge is -2.40. The summed E-state index contributed by atoms with van der Waals surface area (Å²) in [6.07, 6.45) is 7.75. The summed E-state index contributed by atoms with van der Waals surface area (Å²) < 4.78 is 67.9. The first-order valence-corrected chi connectivity index (χ1v) is 27.9. The zero-order valence-electron chi connectivity index (χ0n) is 43.7. The summed E-state index contributed by atoms with van der Waals surface area (Å²) in [5.74, 6) is -0.856. The fourth-order valence-electron chi connectivity index (χ4n) is 12.0. The zero-order chi connectivity index (χ0) is 53.1. The molecule has 19 heteroatoms. The van der Waals surface area contributed by atoms with Crippen LogP contribution in [0.25, 0.3) is 0 Å². The number of nitrogens with zero attached hydrogens (tertiary/aromatic N) is 4. The molecule has 2 aromatic heterocycles. The van der Waals surface area contributed by atoms with E-state index in [1.165, 1.54) is 17.2 Å². The van der Waals surface area contributed by atoms with Crippen LogP contribution < -0.4 is 16.0 Å². The molecule has 4 amide bonds. The van der Waals surface area contributed by atoms with Gasteiger partial charge < -0.3 is 44.7 Å². The van der Waals surface area contributed by atoms with E-state index in [1.54, 1.807) is 35.3 Å². The Labute approximate surface area is 447 Å². The minimum Gasteiger partial charge on any atom is -0.379 e. The van der Waals surface area contributed by atoms with Crippen LogP contribution in [0.3, 0.4) is 0 Å². The summed E-state index contributed by atoms with van der Waals surface area (Å²) in [7, 11) is 1.72. The molecule has 1 aromatic carbocycles. The molecule has 2 saturated carbocycles. The Kier molecular flexibility index (Phi) is 19.8. The largest absolute Gasteiger partial charge is 0.418 e. The first-order valence-electron chi connectivity index (χ1n) is 27.1. The summed E-state index contributed by atoms with van der Waals surface area (Å²) in [5, 5.41) is 9.60. The molecule has 3 N–H and O–H groups in total. The number of carbonyl (C=O) groups is 4. The van der Waals surface area contributed by atoms with Crippen LogP contribution in [-0.4, -0.2) is 128 Å². The molecule has 3 fully saturated rings. The van der Waals surface area contributed by atoms with Crippen molar-refractivity contribution in [3.8, 4) is 0 Å². The van der Waals surface area contributed by atoms with E-state index < -0.39 is 23.1 Å². The van der Waals surface area contributed by atoms with E-state index in [1.807, 2.05) is 6.07 Å². The zero-order valence-corrected chi connectivity index (χ0v) is 45.3. The Balaban J connectivity index is 0.658. The molecule has 5 aliphatic rings. The summed E-state index contributed by atoms with van der Waals surface area (Å²) in [4.78, 5) is 64.5. The van der Waals surface area contributed by atoms with Gasteiger partial charge in [-0.15, -0.1) is 0 Å². The molecule has 4 heterocycles. The fourth-order valence-corrected chi connectivity index (χ4v) is 12.4. The SMILES string of the molecule is CC(C)[C@]1(C(=O)N2CCc3nc(CCCNC(=O)CCOCCOCCOC4CCC(OCCNC(=O)[C@H]5CC(=O)N(C)[C@@H]5c5cccnc5)CC4)c(C(F)(F)F)cc3C2)CC[C@@H](N[C@@H]2CCc3cc(Br)ccc32)C1. The van der Waals surface area contributed by atoms with E-state index in [2.05, 4.69) is 73.9 Å². The number of hydrogen-bond acceptors (Lipinski definition) is 11. The molecule has 410 valence electrons. The Hall–Kier alpha value is -4.53. The van der Waals surface area contributed by atoms with Crippen molar-refractivity contribution in [2.45, 2.75) is 147 Å². The van der Waals surface area contributed by atoms with Crippen molar-refractivity contribution in [3.05, 3.63) is 92.5 Å². The van der Waals surface area contributed by atoms with Crippen molar-refractivity contribution in [2.24, 2.45) is 17.3 Å². The highest BCUT2D eigenvalue weighted by Gasteiger charge is 2.50. The van der Waals surface area contributed by atoms with E-state index in [-0.39, 0.29) is 111 Å². The normalized spacial score (nSPS) is 24.7. The number of halogens is 4. The lowest BCUT2D eigenvalue weighted by Crippen LogP contribution is -2.48. The molecule has 0 bridgehead atoms.